The number of hydrogen-bond acceptors (Lipinski definition) is 5. The Hall–Kier alpha value is -2.29. The third-order valence-corrected chi connectivity index (χ3v) is 7.43. The largest absolute Gasteiger partial charge is 0.497 e. The number of rotatable bonds is 7. The van der Waals surface area contributed by atoms with Crippen LogP contribution >= 0.6 is 11.6 Å². The molecule has 0 unspecified atom stereocenters. The molecule has 0 N–H and O–H groups in total. The third kappa shape index (κ3) is 4.88. The van der Waals surface area contributed by atoms with Crippen LogP contribution in [0.2, 0.25) is 5.02 Å². The van der Waals surface area contributed by atoms with Crippen molar-refractivity contribution in [2.75, 3.05) is 40.4 Å². The van der Waals surface area contributed by atoms with Gasteiger partial charge in [0.2, 0.25) is 15.9 Å². The van der Waals surface area contributed by atoms with Gasteiger partial charge in [-0.2, -0.15) is 4.31 Å². The lowest BCUT2D eigenvalue weighted by atomic mass is 10.1. The Morgan fingerprint density at radius 3 is 2.37 bits per heavy atom. The fourth-order valence-electron chi connectivity index (χ4n) is 3.40. The van der Waals surface area contributed by atoms with E-state index >= 15 is 0 Å². The van der Waals surface area contributed by atoms with Gasteiger partial charge in [0.1, 0.15) is 16.4 Å². The number of ether oxygens (including phenoxy) is 2. The van der Waals surface area contributed by atoms with Gasteiger partial charge >= 0.3 is 0 Å². The Labute approximate surface area is 182 Å². The Bertz CT molecular complexity index is 1000. The second-order valence-corrected chi connectivity index (χ2v) is 9.21. The fraction of sp³-hybridized carbons (Fsp3) is 0.381. The van der Waals surface area contributed by atoms with E-state index in [4.69, 9.17) is 21.1 Å². The molecule has 3 rings (SSSR count). The number of hydrogen-bond donors (Lipinski definition) is 0. The monoisotopic (exact) mass is 452 g/mol. The maximum absolute atomic E-state index is 13.1. The molecule has 30 heavy (non-hydrogen) atoms. The zero-order chi connectivity index (χ0) is 21.7. The number of methoxy groups -OCH3 is 2. The number of amides is 1. The highest BCUT2D eigenvalue weighted by atomic mass is 35.5. The van der Waals surface area contributed by atoms with E-state index in [1.54, 1.807) is 23.1 Å². The second kappa shape index (κ2) is 9.68. The number of benzene rings is 2. The minimum absolute atomic E-state index is 0.00840. The number of nitrogens with zero attached hydrogens (tertiary/aromatic N) is 2. The molecule has 0 bridgehead atoms. The minimum atomic E-state index is -3.77. The normalized spacial score (nSPS) is 15.1. The molecule has 2 aromatic carbocycles. The van der Waals surface area contributed by atoms with E-state index in [2.05, 4.69) is 0 Å². The summed E-state index contributed by atoms with van der Waals surface area (Å²) in [6.45, 7) is 1.13. The summed E-state index contributed by atoms with van der Waals surface area (Å²) in [6.07, 6.45) is 0.887. The van der Waals surface area contributed by atoms with E-state index in [1.165, 1.54) is 24.6 Å². The molecule has 1 aliphatic heterocycles. The summed E-state index contributed by atoms with van der Waals surface area (Å²) in [5.41, 5.74) is 0.929. The van der Waals surface area contributed by atoms with E-state index in [1.807, 2.05) is 18.2 Å². The first kappa shape index (κ1) is 22.4. The highest BCUT2D eigenvalue weighted by Gasteiger charge is 2.32. The summed E-state index contributed by atoms with van der Waals surface area (Å²) in [5, 5.41) is 0.647. The summed E-state index contributed by atoms with van der Waals surface area (Å²) in [5.74, 6) is 0.683. The van der Waals surface area contributed by atoms with Crippen molar-refractivity contribution >= 4 is 27.5 Å². The number of halogens is 1. The van der Waals surface area contributed by atoms with Crippen LogP contribution in [0, 0.1) is 0 Å². The molecule has 0 atom stereocenters. The van der Waals surface area contributed by atoms with Gasteiger partial charge in [0.25, 0.3) is 0 Å². The van der Waals surface area contributed by atoms with Crippen molar-refractivity contribution in [2.45, 2.75) is 17.7 Å². The van der Waals surface area contributed by atoms with Gasteiger partial charge < -0.3 is 14.4 Å². The molecule has 1 heterocycles. The topological polar surface area (TPSA) is 76.2 Å². The first-order chi connectivity index (χ1) is 14.4. The van der Waals surface area contributed by atoms with Gasteiger partial charge in [-0.05, 0) is 30.2 Å². The third-order valence-electron chi connectivity index (χ3n) is 5.15. The van der Waals surface area contributed by atoms with E-state index in [-0.39, 0.29) is 29.6 Å². The molecule has 0 aromatic heterocycles. The zero-order valence-corrected chi connectivity index (χ0v) is 18.6. The standard InChI is InChI=1S/C21H25ClN2O5S/c1-28-17-8-9-19(29-2)20(15-17)30(26,27)24-13-11-23(12-14-24)21(25)10-7-16-5-3-4-6-18(16)22/h3-6,8-9,15H,7,10-14H2,1-2H3. The molecule has 1 aliphatic rings. The molecule has 1 amide bonds. The fourth-order valence-corrected chi connectivity index (χ4v) is 5.23. The maximum Gasteiger partial charge on any atom is 0.247 e. The summed E-state index contributed by atoms with van der Waals surface area (Å²) in [6, 6.07) is 12.1. The van der Waals surface area contributed by atoms with Crippen LogP contribution in [0.5, 0.6) is 11.5 Å². The minimum Gasteiger partial charge on any atom is -0.497 e. The van der Waals surface area contributed by atoms with Crippen LogP contribution in [0.25, 0.3) is 0 Å². The van der Waals surface area contributed by atoms with Crippen LogP contribution in [-0.4, -0.2) is 63.9 Å². The van der Waals surface area contributed by atoms with Crippen molar-refractivity contribution in [1.82, 2.24) is 9.21 Å². The van der Waals surface area contributed by atoms with Gasteiger partial charge in [-0.3, -0.25) is 4.79 Å². The predicted molar refractivity (Wildman–Crippen MR) is 115 cm³/mol. The van der Waals surface area contributed by atoms with E-state index in [0.717, 1.165) is 5.56 Å². The molecule has 0 saturated carbocycles. The SMILES string of the molecule is COc1ccc(OC)c(S(=O)(=O)N2CCN(C(=O)CCc3ccccc3Cl)CC2)c1. The van der Waals surface area contributed by atoms with Crippen LogP contribution in [-0.2, 0) is 21.2 Å². The molecule has 0 aliphatic carbocycles. The van der Waals surface area contributed by atoms with E-state index in [0.29, 0.717) is 36.7 Å². The molecule has 2 aromatic rings. The molecule has 1 saturated heterocycles. The van der Waals surface area contributed by atoms with Gasteiger partial charge in [-0.25, -0.2) is 8.42 Å². The van der Waals surface area contributed by atoms with E-state index < -0.39 is 10.0 Å². The van der Waals surface area contributed by atoms with Crippen LogP contribution < -0.4 is 9.47 Å². The highest BCUT2D eigenvalue weighted by molar-refractivity contribution is 7.89. The lowest BCUT2D eigenvalue weighted by molar-refractivity contribution is -0.132. The van der Waals surface area contributed by atoms with Crippen molar-refractivity contribution in [3.05, 3.63) is 53.1 Å². The molecule has 9 heteroatoms. The van der Waals surface area contributed by atoms with Crippen LogP contribution in [0.1, 0.15) is 12.0 Å². The molecule has 1 fully saturated rings. The van der Waals surface area contributed by atoms with Crippen molar-refractivity contribution in [1.29, 1.82) is 0 Å². The summed E-state index contributed by atoms with van der Waals surface area (Å²) in [4.78, 5) is 14.3. The highest BCUT2D eigenvalue weighted by Crippen LogP contribution is 2.31. The number of carbonyl (C=O) groups is 1. The van der Waals surface area contributed by atoms with Gasteiger partial charge in [0, 0.05) is 43.7 Å². The predicted octanol–water partition coefficient (Wildman–Crippen LogP) is 2.82. The second-order valence-electron chi connectivity index (χ2n) is 6.89. The number of aryl methyl sites for hydroxylation is 1. The zero-order valence-electron chi connectivity index (χ0n) is 17.0. The van der Waals surface area contributed by atoms with Crippen molar-refractivity contribution in [3.63, 3.8) is 0 Å². The van der Waals surface area contributed by atoms with E-state index in [9.17, 15) is 13.2 Å². The van der Waals surface area contributed by atoms with Gasteiger partial charge in [0.05, 0.1) is 14.2 Å². The van der Waals surface area contributed by atoms with Crippen molar-refractivity contribution < 1.29 is 22.7 Å². The first-order valence-electron chi connectivity index (χ1n) is 9.60. The average molecular weight is 453 g/mol. The van der Waals surface area contributed by atoms with Gasteiger partial charge in [-0.15, -0.1) is 0 Å². The Morgan fingerprint density at radius 1 is 1.03 bits per heavy atom. The molecule has 7 nitrogen and oxygen atoms in total. The van der Waals surface area contributed by atoms with Crippen LogP contribution in [0.3, 0.4) is 0 Å². The van der Waals surface area contributed by atoms with Crippen LogP contribution in [0.4, 0.5) is 0 Å². The number of piperazine rings is 1. The molecular formula is C21H25ClN2O5S. The Balaban J connectivity index is 1.63. The Kier molecular flexibility index (Phi) is 7.23. The smallest absolute Gasteiger partial charge is 0.247 e. The number of carbonyl (C=O) groups excluding carboxylic acids is 1. The summed E-state index contributed by atoms with van der Waals surface area (Å²) in [7, 11) is -0.870. The maximum atomic E-state index is 13.1. The van der Waals surface area contributed by atoms with Gasteiger partial charge in [-0.1, -0.05) is 29.8 Å². The van der Waals surface area contributed by atoms with Crippen molar-refractivity contribution in [2.24, 2.45) is 0 Å². The molecule has 162 valence electrons. The Morgan fingerprint density at radius 2 is 1.73 bits per heavy atom. The van der Waals surface area contributed by atoms with Crippen LogP contribution in [0.15, 0.2) is 47.4 Å². The summed E-state index contributed by atoms with van der Waals surface area (Å²) < 4.78 is 38.0. The quantitative estimate of drug-likeness (QED) is 0.645. The molecule has 0 radical (unpaired) electrons. The average Bonchev–Trinajstić information content (AvgIpc) is 2.78. The first-order valence-corrected chi connectivity index (χ1v) is 11.4. The van der Waals surface area contributed by atoms with Crippen molar-refractivity contribution in [3.8, 4) is 11.5 Å². The summed E-state index contributed by atoms with van der Waals surface area (Å²) >= 11 is 6.15. The lowest BCUT2D eigenvalue weighted by Crippen LogP contribution is -2.50. The van der Waals surface area contributed by atoms with Gasteiger partial charge in [0.15, 0.2) is 0 Å². The molecule has 0 spiro atoms. The number of sulfonamides is 1. The lowest BCUT2D eigenvalue weighted by Gasteiger charge is -2.34. The molecular weight excluding hydrogens is 428 g/mol.